The summed E-state index contributed by atoms with van der Waals surface area (Å²) in [4.78, 5) is 12.0. The number of carbonyl (C=O) groups is 1. The first-order valence-corrected chi connectivity index (χ1v) is 8.69. The zero-order valence-electron chi connectivity index (χ0n) is 13.1. The second-order valence-corrected chi connectivity index (χ2v) is 7.44. The number of nitrogens with zero attached hydrogens (tertiary/aromatic N) is 1. The number of likely N-dealkylation sites (N-methyl/N-ethyl adjacent to an activating group) is 1. The SMILES string of the molecule is CCCCS(=O)(=O)N(C)CC(=O)Nc1c(C)cccc1C. The highest BCUT2D eigenvalue weighted by molar-refractivity contribution is 7.89. The number of unbranched alkanes of at least 4 members (excludes halogenated alkanes) is 1. The van der Waals surface area contributed by atoms with Gasteiger partial charge in [-0.3, -0.25) is 4.79 Å². The molecule has 0 saturated carbocycles. The smallest absolute Gasteiger partial charge is 0.239 e. The monoisotopic (exact) mass is 312 g/mol. The Hall–Kier alpha value is -1.40. The van der Waals surface area contributed by atoms with Crippen LogP contribution in [0.5, 0.6) is 0 Å². The predicted molar refractivity (Wildman–Crippen MR) is 85.9 cm³/mol. The van der Waals surface area contributed by atoms with Gasteiger partial charge in [0.05, 0.1) is 12.3 Å². The van der Waals surface area contributed by atoms with E-state index in [2.05, 4.69) is 5.32 Å². The van der Waals surface area contributed by atoms with Crippen LogP contribution in [0.25, 0.3) is 0 Å². The second kappa shape index (κ2) is 7.56. The molecule has 0 bridgehead atoms. The van der Waals surface area contributed by atoms with Gasteiger partial charge in [0.25, 0.3) is 0 Å². The van der Waals surface area contributed by atoms with Crippen LogP contribution in [-0.2, 0) is 14.8 Å². The molecule has 0 heterocycles. The minimum absolute atomic E-state index is 0.0800. The summed E-state index contributed by atoms with van der Waals surface area (Å²) in [7, 11) is -1.92. The molecule has 0 aliphatic heterocycles. The van der Waals surface area contributed by atoms with Crippen molar-refractivity contribution in [2.75, 3.05) is 24.7 Å². The van der Waals surface area contributed by atoms with Crippen LogP contribution in [0.4, 0.5) is 5.69 Å². The van der Waals surface area contributed by atoms with Gasteiger partial charge in [0.15, 0.2) is 0 Å². The van der Waals surface area contributed by atoms with Gasteiger partial charge in [-0.05, 0) is 31.4 Å². The number of nitrogens with one attached hydrogen (secondary N) is 1. The third-order valence-corrected chi connectivity index (χ3v) is 5.23. The molecule has 0 saturated heterocycles. The lowest BCUT2D eigenvalue weighted by Gasteiger charge is -2.18. The molecule has 118 valence electrons. The van der Waals surface area contributed by atoms with Crippen LogP contribution in [0.15, 0.2) is 18.2 Å². The molecule has 6 heteroatoms. The number of anilines is 1. The fraction of sp³-hybridized carbons (Fsp3) is 0.533. The Morgan fingerprint density at radius 2 is 1.81 bits per heavy atom. The van der Waals surface area contributed by atoms with Gasteiger partial charge in [-0.2, -0.15) is 4.31 Å². The predicted octanol–water partition coefficient (Wildman–Crippen LogP) is 2.30. The number of hydrogen-bond donors (Lipinski definition) is 1. The summed E-state index contributed by atoms with van der Waals surface area (Å²) in [5.41, 5.74) is 2.67. The number of amides is 1. The standard InChI is InChI=1S/C15H24N2O3S/c1-5-6-10-21(19,20)17(4)11-14(18)16-15-12(2)8-7-9-13(15)3/h7-9H,5-6,10-11H2,1-4H3,(H,16,18). The normalized spacial score (nSPS) is 11.7. The highest BCUT2D eigenvalue weighted by atomic mass is 32.2. The zero-order chi connectivity index (χ0) is 16.0. The van der Waals surface area contributed by atoms with Crippen LogP contribution in [0.1, 0.15) is 30.9 Å². The van der Waals surface area contributed by atoms with Crippen LogP contribution in [-0.4, -0.2) is 38.0 Å². The van der Waals surface area contributed by atoms with Gasteiger partial charge in [-0.1, -0.05) is 31.5 Å². The summed E-state index contributed by atoms with van der Waals surface area (Å²) in [6, 6.07) is 5.73. The van der Waals surface area contributed by atoms with Crippen molar-refractivity contribution in [3.05, 3.63) is 29.3 Å². The first kappa shape index (κ1) is 17.7. The zero-order valence-corrected chi connectivity index (χ0v) is 14.0. The maximum absolute atomic E-state index is 12.0. The molecule has 5 nitrogen and oxygen atoms in total. The minimum atomic E-state index is -3.36. The number of aryl methyl sites for hydroxylation is 2. The molecule has 1 amide bonds. The van der Waals surface area contributed by atoms with E-state index in [0.717, 1.165) is 27.5 Å². The van der Waals surface area contributed by atoms with Crippen LogP contribution < -0.4 is 5.32 Å². The fourth-order valence-electron chi connectivity index (χ4n) is 1.97. The van der Waals surface area contributed by atoms with E-state index in [1.807, 2.05) is 39.0 Å². The van der Waals surface area contributed by atoms with E-state index < -0.39 is 10.0 Å². The maximum Gasteiger partial charge on any atom is 0.239 e. The summed E-state index contributed by atoms with van der Waals surface area (Å²) in [5, 5.41) is 2.79. The minimum Gasteiger partial charge on any atom is -0.324 e. The van der Waals surface area contributed by atoms with Crippen molar-refractivity contribution in [1.82, 2.24) is 4.31 Å². The van der Waals surface area contributed by atoms with Gasteiger partial charge in [-0.25, -0.2) is 8.42 Å². The van der Waals surface area contributed by atoms with Crippen LogP contribution in [0.3, 0.4) is 0 Å². The van der Waals surface area contributed by atoms with Crippen molar-refractivity contribution < 1.29 is 13.2 Å². The van der Waals surface area contributed by atoms with E-state index in [1.54, 1.807) is 0 Å². The fourth-order valence-corrected chi connectivity index (χ4v) is 3.25. The molecule has 0 unspecified atom stereocenters. The molecule has 0 aliphatic carbocycles. The lowest BCUT2D eigenvalue weighted by atomic mass is 10.1. The molecule has 1 rings (SSSR count). The molecule has 0 atom stereocenters. The van der Waals surface area contributed by atoms with Gasteiger partial charge in [0, 0.05) is 12.7 Å². The number of benzene rings is 1. The van der Waals surface area contributed by atoms with E-state index in [1.165, 1.54) is 7.05 Å². The molecular weight excluding hydrogens is 288 g/mol. The molecule has 0 aromatic heterocycles. The highest BCUT2D eigenvalue weighted by Gasteiger charge is 2.20. The molecule has 0 spiro atoms. The van der Waals surface area contributed by atoms with E-state index in [4.69, 9.17) is 0 Å². The number of hydrogen-bond acceptors (Lipinski definition) is 3. The highest BCUT2D eigenvalue weighted by Crippen LogP contribution is 2.19. The van der Waals surface area contributed by atoms with Crippen molar-refractivity contribution in [1.29, 1.82) is 0 Å². The third-order valence-electron chi connectivity index (χ3n) is 3.34. The van der Waals surface area contributed by atoms with Crippen molar-refractivity contribution in [3.63, 3.8) is 0 Å². The summed E-state index contributed by atoms with van der Waals surface area (Å²) in [5.74, 6) is -0.244. The molecule has 21 heavy (non-hydrogen) atoms. The van der Waals surface area contributed by atoms with Gasteiger partial charge in [0.1, 0.15) is 0 Å². The van der Waals surface area contributed by atoms with Crippen molar-refractivity contribution in [2.24, 2.45) is 0 Å². The molecular formula is C15H24N2O3S. The van der Waals surface area contributed by atoms with Crippen molar-refractivity contribution in [3.8, 4) is 0 Å². The Kier molecular flexibility index (Phi) is 6.36. The van der Waals surface area contributed by atoms with Gasteiger partial charge >= 0.3 is 0 Å². The molecule has 0 fully saturated rings. The molecule has 1 aromatic rings. The first-order chi connectivity index (χ1) is 9.77. The second-order valence-electron chi connectivity index (χ2n) is 5.24. The van der Waals surface area contributed by atoms with Gasteiger partial charge < -0.3 is 5.32 Å². The van der Waals surface area contributed by atoms with Crippen LogP contribution >= 0.6 is 0 Å². The maximum atomic E-state index is 12.0. The van der Waals surface area contributed by atoms with Gasteiger partial charge in [-0.15, -0.1) is 0 Å². The average Bonchev–Trinajstić information content (AvgIpc) is 2.40. The number of rotatable bonds is 7. The molecule has 1 aromatic carbocycles. The third kappa shape index (κ3) is 5.13. The van der Waals surface area contributed by atoms with Crippen molar-refractivity contribution in [2.45, 2.75) is 33.6 Å². The molecule has 0 aliphatic rings. The van der Waals surface area contributed by atoms with Gasteiger partial charge in [0.2, 0.25) is 15.9 Å². The summed E-state index contributed by atoms with van der Waals surface area (Å²) >= 11 is 0. The molecule has 1 N–H and O–H groups in total. The number of sulfonamides is 1. The topological polar surface area (TPSA) is 66.5 Å². The first-order valence-electron chi connectivity index (χ1n) is 7.08. The number of carbonyl (C=O) groups excluding carboxylic acids is 1. The summed E-state index contributed by atoms with van der Waals surface area (Å²) in [6.07, 6.45) is 1.41. The van der Waals surface area contributed by atoms with E-state index >= 15 is 0 Å². The Morgan fingerprint density at radius 3 is 2.33 bits per heavy atom. The Bertz CT molecular complexity index is 577. The Morgan fingerprint density at radius 1 is 1.24 bits per heavy atom. The largest absolute Gasteiger partial charge is 0.324 e. The Labute approximate surface area is 127 Å². The lowest BCUT2D eigenvalue weighted by molar-refractivity contribution is -0.116. The Balaban J connectivity index is 2.70. The van der Waals surface area contributed by atoms with E-state index in [0.29, 0.717) is 6.42 Å². The van der Waals surface area contributed by atoms with Crippen LogP contribution in [0, 0.1) is 13.8 Å². The van der Waals surface area contributed by atoms with E-state index in [-0.39, 0.29) is 18.2 Å². The number of para-hydroxylation sites is 1. The van der Waals surface area contributed by atoms with E-state index in [9.17, 15) is 13.2 Å². The van der Waals surface area contributed by atoms with Crippen LogP contribution in [0.2, 0.25) is 0 Å². The average molecular weight is 312 g/mol. The summed E-state index contributed by atoms with van der Waals surface area (Å²) in [6.45, 7) is 5.58. The van der Waals surface area contributed by atoms with Crippen molar-refractivity contribution >= 4 is 21.6 Å². The quantitative estimate of drug-likeness (QED) is 0.840. The molecule has 0 radical (unpaired) electrons. The summed E-state index contributed by atoms with van der Waals surface area (Å²) < 4.78 is 25.0. The lowest BCUT2D eigenvalue weighted by Crippen LogP contribution is -2.36.